The Balaban J connectivity index is 2.71. The Labute approximate surface area is 118 Å². The van der Waals surface area contributed by atoms with Crippen molar-refractivity contribution in [2.24, 2.45) is 0 Å². The molecule has 0 aliphatic heterocycles. The van der Waals surface area contributed by atoms with Gasteiger partial charge in [-0.15, -0.1) is 0 Å². The van der Waals surface area contributed by atoms with Crippen LogP contribution in [0.1, 0.15) is 37.8 Å². The summed E-state index contributed by atoms with van der Waals surface area (Å²) in [5.41, 5.74) is 2.33. The molecule has 0 aromatic heterocycles. The van der Waals surface area contributed by atoms with E-state index in [1.54, 1.807) is 7.11 Å². The predicted molar refractivity (Wildman–Crippen MR) is 84.3 cm³/mol. The normalized spacial score (nSPS) is 11.5. The van der Waals surface area contributed by atoms with Gasteiger partial charge in [0.25, 0.3) is 0 Å². The van der Waals surface area contributed by atoms with E-state index in [1.807, 2.05) is 12.1 Å². The Morgan fingerprint density at radius 3 is 2.42 bits per heavy atom. The lowest BCUT2D eigenvalue weighted by molar-refractivity contribution is 0.188. The van der Waals surface area contributed by atoms with Crippen molar-refractivity contribution in [1.82, 2.24) is 0 Å². The monoisotopic (exact) mass is 278 g/mol. The molecular formula is C16H26O2Si. The summed E-state index contributed by atoms with van der Waals surface area (Å²) in [4.78, 5) is 0. The van der Waals surface area contributed by atoms with Crippen molar-refractivity contribution >= 4 is 14.6 Å². The van der Waals surface area contributed by atoms with Crippen molar-refractivity contribution in [3.8, 4) is 0 Å². The van der Waals surface area contributed by atoms with E-state index >= 15 is 0 Å². The van der Waals surface area contributed by atoms with E-state index in [4.69, 9.17) is 8.85 Å². The highest BCUT2D eigenvalue weighted by molar-refractivity contribution is 6.67. The topological polar surface area (TPSA) is 18.5 Å². The molecule has 0 heterocycles. The molecule has 0 amide bonds. The molecule has 1 rings (SSSR count). The lowest BCUT2D eigenvalue weighted by atomic mass is 10.1. The third kappa shape index (κ3) is 4.94. The molecule has 1 aromatic carbocycles. The second kappa shape index (κ2) is 8.30. The molecular weight excluding hydrogens is 252 g/mol. The van der Waals surface area contributed by atoms with Crippen molar-refractivity contribution < 1.29 is 8.85 Å². The van der Waals surface area contributed by atoms with Crippen molar-refractivity contribution in [2.75, 3.05) is 7.11 Å². The van der Waals surface area contributed by atoms with E-state index in [2.05, 4.69) is 38.6 Å². The summed E-state index contributed by atoms with van der Waals surface area (Å²) in [5, 5.41) is 0. The summed E-state index contributed by atoms with van der Waals surface area (Å²) in [7, 11) is -0.202. The fraction of sp³-hybridized carbons (Fsp3) is 0.500. The Morgan fingerprint density at radius 2 is 1.89 bits per heavy atom. The van der Waals surface area contributed by atoms with Crippen molar-refractivity contribution in [1.29, 1.82) is 0 Å². The summed E-state index contributed by atoms with van der Waals surface area (Å²) >= 11 is 0. The molecule has 0 saturated carbocycles. The first kappa shape index (κ1) is 16.2. The highest BCUT2D eigenvalue weighted by Crippen LogP contribution is 2.23. The Kier molecular flexibility index (Phi) is 7.06. The van der Waals surface area contributed by atoms with Crippen LogP contribution in [0.3, 0.4) is 0 Å². The second-order valence-corrected chi connectivity index (χ2v) is 8.37. The smallest absolute Gasteiger partial charge is 0.338 e. The van der Waals surface area contributed by atoms with E-state index in [-0.39, 0.29) is 0 Å². The number of rotatable bonds is 9. The molecule has 1 aromatic rings. The van der Waals surface area contributed by atoms with Gasteiger partial charge in [0.15, 0.2) is 0 Å². The van der Waals surface area contributed by atoms with Crippen molar-refractivity contribution in [3.05, 3.63) is 42.0 Å². The molecule has 0 atom stereocenters. The Morgan fingerprint density at radius 1 is 1.21 bits per heavy atom. The van der Waals surface area contributed by atoms with Gasteiger partial charge in [-0.3, -0.25) is 0 Å². The molecule has 0 aliphatic carbocycles. The number of benzene rings is 1. The average molecular weight is 278 g/mol. The summed E-state index contributed by atoms with van der Waals surface area (Å²) in [6.45, 7) is 8.82. The van der Waals surface area contributed by atoms with E-state index < -0.39 is 8.56 Å². The number of hydrogen-bond acceptors (Lipinski definition) is 2. The van der Waals surface area contributed by atoms with Gasteiger partial charge in [-0.2, -0.15) is 0 Å². The maximum absolute atomic E-state index is 6.23. The Hall–Kier alpha value is -0.903. The fourth-order valence-electron chi connectivity index (χ4n) is 2.32. The van der Waals surface area contributed by atoms with Crippen LogP contribution in [0.5, 0.6) is 0 Å². The highest BCUT2D eigenvalue weighted by atomic mass is 28.4. The lowest BCUT2D eigenvalue weighted by Crippen LogP contribution is -2.40. The molecule has 0 fully saturated rings. The van der Waals surface area contributed by atoms with Crippen LogP contribution in [0.2, 0.25) is 12.1 Å². The molecule has 0 unspecified atom stereocenters. The minimum Gasteiger partial charge on any atom is -0.398 e. The zero-order valence-electron chi connectivity index (χ0n) is 12.4. The maximum atomic E-state index is 6.23. The van der Waals surface area contributed by atoms with E-state index in [1.165, 1.54) is 5.56 Å². The fourth-order valence-corrected chi connectivity index (χ4v) is 5.34. The minimum absolute atomic E-state index is 0.641. The summed E-state index contributed by atoms with van der Waals surface area (Å²) in [6.07, 6.45) is 4.10. The van der Waals surface area contributed by atoms with Gasteiger partial charge in [0.1, 0.15) is 0 Å². The van der Waals surface area contributed by atoms with Crippen molar-refractivity contribution in [2.45, 2.75) is 45.4 Å². The molecule has 0 radical (unpaired) electrons. The average Bonchev–Trinajstić information content (AvgIpc) is 2.45. The zero-order valence-corrected chi connectivity index (χ0v) is 13.4. The van der Waals surface area contributed by atoms with Crippen LogP contribution in [0.15, 0.2) is 30.8 Å². The van der Waals surface area contributed by atoms with Gasteiger partial charge < -0.3 is 8.85 Å². The third-order valence-electron chi connectivity index (χ3n) is 3.32. The predicted octanol–water partition coefficient (Wildman–Crippen LogP) is 4.75. The van der Waals surface area contributed by atoms with Crippen LogP contribution < -0.4 is 0 Å². The van der Waals surface area contributed by atoms with Gasteiger partial charge >= 0.3 is 8.56 Å². The van der Waals surface area contributed by atoms with Crippen LogP contribution in [-0.2, 0) is 15.5 Å². The molecule has 2 nitrogen and oxygen atoms in total. The van der Waals surface area contributed by atoms with Crippen molar-refractivity contribution in [3.63, 3.8) is 0 Å². The molecule has 19 heavy (non-hydrogen) atoms. The summed E-state index contributed by atoms with van der Waals surface area (Å²) < 4.78 is 12.0. The maximum Gasteiger partial charge on any atom is 0.338 e. The first-order chi connectivity index (χ1) is 9.19. The van der Waals surface area contributed by atoms with Crippen LogP contribution in [-0.4, -0.2) is 15.7 Å². The first-order valence-electron chi connectivity index (χ1n) is 7.10. The SMILES string of the molecule is C=Cc1cccc(CO[Si](CCC)(CCC)OC)c1. The molecule has 0 bridgehead atoms. The van der Waals surface area contributed by atoms with Gasteiger partial charge in [-0.05, 0) is 29.3 Å². The quantitative estimate of drug-likeness (QED) is 0.607. The van der Waals surface area contributed by atoms with E-state index in [0.717, 1.165) is 30.5 Å². The van der Waals surface area contributed by atoms with Gasteiger partial charge in [0.2, 0.25) is 0 Å². The van der Waals surface area contributed by atoms with E-state index in [9.17, 15) is 0 Å². The van der Waals surface area contributed by atoms with Crippen LogP contribution in [0.25, 0.3) is 6.08 Å². The summed E-state index contributed by atoms with van der Waals surface area (Å²) in [5.74, 6) is 0. The molecule has 0 aliphatic rings. The molecule has 0 spiro atoms. The zero-order chi connectivity index (χ0) is 14.1. The lowest BCUT2D eigenvalue weighted by Gasteiger charge is -2.28. The third-order valence-corrected chi connectivity index (χ3v) is 7.26. The summed E-state index contributed by atoms with van der Waals surface area (Å²) in [6, 6.07) is 10.5. The van der Waals surface area contributed by atoms with Gasteiger partial charge in [-0.1, -0.05) is 57.5 Å². The van der Waals surface area contributed by atoms with Crippen LogP contribution in [0.4, 0.5) is 0 Å². The molecule has 106 valence electrons. The largest absolute Gasteiger partial charge is 0.398 e. The van der Waals surface area contributed by atoms with Gasteiger partial charge in [0, 0.05) is 7.11 Å². The minimum atomic E-state index is -2.01. The molecule has 0 N–H and O–H groups in total. The van der Waals surface area contributed by atoms with Gasteiger partial charge in [0.05, 0.1) is 6.61 Å². The first-order valence-corrected chi connectivity index (χ1v) is 9.33. The van der Waals surface area contributed by atoms with E-state index in [0.29, 0.717) is 6.61 Å². The standard InChI is InChI=1S/C16H26O2Si/c1-5-11-19(17-4,12-6-2)18-14-16-10-8-9-15(7-3)13-16/h7-10,13H,3,5-6,11-12,14H2,1-2,4H3. The van der Waals surface area contributed by atoms with Gasteiger partial charge in [-0.25, -0.2) is 0 Å². The molecule has 3 heteroatoms. The Bertz CT molecular complexity index is 384. The number of hydrogen-bond donors (Lipinski definition) is 0. The van der Waals surface area contributed by atoms with Crippen LogP contribution >= 0.6 is 0 Å². The van der Waals surface area contributed by atoms with Crippen LogP contribution in [0, 0.1) is 0 Å². The molecule has 0 saturated heterocycles. The second-order valence-electron chi connectivity index (χ2n) is 4.85. The highest BCUT2D eigenvalue weighted by Gasteiger charge is 2.34.